The van der Waals surface area contributed by atoms with Gasteiger partial charge >= 0.3 is 6.09 Å². The minimum atomic E-state index is -0.409. The number of piperazine rings is 1. The summed E-state index contributed by atoms with van der Waals surface area (Å²) in [5.41, 5.74) is 4.07. The third-order valence-electron chi connectivity index (χ3n) is 5.92. The SMILES string of the molecule is CCOC(=O)Nc1cccc(C)c1.CCn1nc(-c2ccc(C(=O)N3CCN(C)CC3)cc2)ccc1=O. The highest BCUT2D eigenvalue weighted by atomic mass is 16.5. The number of aromatic nitrogens is 2. The van der Waals surface area contributed by atoms with Gasteiger partial charge in [0.1, 0.15) is 0 Å². The first-order valence-corrected chi connectivity index (χ1v) is 12.5. The van der Waals surface area contributed by atoms with E-state index in [2.05, 4.69) is 22.4 Å². The van der Waals surface area contributed by atoms with Crippen LogP contribution in [0, 0.1) is 6.92 Å². The molecule has 2 amide bonds. The van der Waals surface area contributed by atoms with Crippen molar-refractivity contribution in [2.24, 2.45) is 0 Å². The van der Waals surface area contributed by atoms with Crippen LogP contribution in [0.5, 0.6) is 0 Å². The van der Waals surface area contributed by atoms with Crippen molar-refractivity contribution in [1.82, 2.24) is 19.6 Å². The van der Waals surface area contributed by atoms with E-state index in [1.807, 2.05) is 67.3 Å². The number of carbonyl (C=O) groups is 2. The third-order valence-corrected chi connectivity index (χ3v) is 5.92. The van der Waals surface area contributed by atoms with Crippen LogP contribution in [-0.2, 0) is 11.3 Å². The smallest absolute Gasteiger partial charge is 0.411 e. The van der Waals surface area contributed by atoms with Gasteiger partial charge in [0.25, 0.3) is 11.5 Å². The van der Waals surface area contributed by atoms with Crippen LogP contribution in [0.1, 0.15) is 29.8 Å². The Kier molecular flexibility index (Phi) is 9.97. The molecule has 0 saturated carbocycles. The first-order valence-electron chi connectivity index (χ1n) is 12.5. The maximum Gasteiger partial charge on any atom is 0.411 e. The van der Waals surface area contributed by atoms with E-state index in [9.17, 15) is 14.4 Å². The number of hydrogen-bond donors (Lipinski definition) is 1. The van der Waals surface area contributed by atoms with Crippen LogP contribution >= 0.6 is 0 Å². The van der Waals surface area contributed by atoms with Crippen LogP contribution in [0.4, 0.5) is 10.5 Å². The maximum atomic E-state index is 12.5. The normalized spacial score (nSPS) is 13.4. The van der Waals surface area contributed by atoms with Crippen molar-refractivity contribution >= 4 is 17.7 Å². The van der Waals surface area contributed by atoms with Gasteiger partial charge in [-0.2, -0.15) is 5.10 Å². The highest BCUT2D eigenvalue weighted by molar-refractivity contribution is 5.94. The molecule has 37 heavy (non-hydrogen) atoms. The van der Waals surface area contributed by atoms with Crippen molar-refractivity contribution < 1.29 is 14.3 Å². The van der Waals surface area contributed by atoms with E-state index in [0.29, 0.717) is 18.7 Å². The fraction of sp³-hybridized carbons (Fsp3) is 0.357. The molecule has 4 rings (SSSR count). The average molecular weight is 506 g/mol. The standard InChI is InChI=1S/C18H22N4O2.C10H13NO2/c1-3-22-17(23)9-8-16(19-22)14-4-6-15(7-5-14)18(24)21-12-10-20(2)11-13-21;1-3-13-10(12)11-9-6-4-5-8(2)7-9/h4-9H,3,10-13H2,1-2H3;4-7H,3H2,1-2H3,(H,11,12). The molecule has 1 saturated heterocycles. The topological polar surface area (TPSA) is 96.8 Å². The summed E-state index contributed by atoms with van der Waals surface area (Å²) >= 11 is 0. The zero-order valence-corrected chi connectivity index (χ0v) is 21.9. The first-order chi connectivity index (χ1) is 17.8. The van der Waals surface area contributed by atoms with E-state index in [1.54, 1.807) is 13.0 Å². The number of rotatable bonds is 5. The second-order valence-corrected chi connectivity index (χ2v) is 8.76. The van der Waals surface area contributed by atoms with E-state index in [-0.39, 0.29) is 11.5 Å². The van der Waals surface area contributed by atoms with Crippen LogP contribution < -0.4 is 10.9 Å². The van der Waals surface area contributed by atoms with Crippen LogP contribution in [0.3, 0.4) is 0 Å². The minimum Gasteiger partial charge on any atom is -0.450 e. The van der Waals surface area contributed by atoms with Crippen molar-refractivity contribution in [3.63, 3.8) is 0 Å². The third kappa shape index (κ3) is 8.01. The summed E-state index contributed by atoms with van der Waals surface area (Å²) in [5, 5.41) is 6.96. The first kappa shape index (κ1) is 27.6. The summed E-state index contributed by atoms with van der Waals surface area (Å²) in [6.07, 6.45) is -0.409. The van der Waals surface area contributed by atoms with E-state index >= 15 is 0 Å². The fourth-order valence-electron chi connectivity index (χ4n) is 3.81. The number of benzene rings is 2. The number of aryl methyl sites for hydroxylation is 2. The zero-order chi connectivity index (χ0) is 26.8. The summed E-state index contributed by atoms with van der Waals surface area (Å²) in [7, 11) is 2.07. The molecule has 0 aliphatic carbocycles. The van der Waals surface area contributed by atoms with Crippen molar-refractivity contribution in [2.75, 3.05) is 45.2 Å². The van der Waals surface area contributed by atoms with Gasteiger partial charge in [0.05, 0.1) is 12.3 Å². The number of carbonyl (C=O) groups excluding carboxylic acids is 2. The van der Waals surface area contributed by atoms with E-state index in [0.717, 1.165) is 48.7 Å². The van der Waals surface area contributed by atoms with Gasteiger partial charge in [-0.1, -0.05) is 24.3 Å². The number of hydrogen-bond acceptors (Lipinski definition) is 6. The van der Waals surface area contributed by atoms with Crippen LogP contribution in [0.25, 0.3) is 11.3 Å². The lowest BCUT2D eigenvalue weighted by Gasteiger charge is -2.32. The van der Waals surface area contributed by atoms with E-state index < -0.39 is 6.09 Å². The minimum absolute atomic E-state index is 0.0705. The number of nitrogens with zero attached hydrogens (tertiary/aromatic N) is 4. The monoisotopic (exact) mass is 505 g/mol. The number of nitrogens with one attached hydrogen (secondary N) is 1. The van der Waals surface area contributed by atoms with Crippen molar-refractivity contribution in [2.45, 2.75) is 27.3 Å². The molecule has 0 spiro atoms. The van der Waals surface area contributed by atoms with Gasteiger partial charge in [-0.05, 0) is 63.7 Å². The van der Waals surface area contributed by atoms with Crippen molar-refractivity contribution in [1.29, 1.82) is 0 Å². The lowest BCUT2D eigenvalue weighted by Crippen LogP contribution is -2.47. The predicted octanol–water partition coefficient (Wildman–Crippen LogP) is 3.88. The molecule has 0 radical (unpaired) electrons. The summed E-state index contributed by atoms with van der Waals surface area (Å²) in [6, 6.07) is 18.2. The van der Waals surface area contributed by atoms with Crippen LogP contribution in [0.2, 0.25) is 0 Å². The molecule has 9 heteroatoms. The van der Waals surface area contributed by atoms with Crippen molar-refractivity contribution in [3.05, 3.63) is 82.1 Å². The number of ether oxygens (including phenoxy) is 1. The molecular weight excluding hydrogens is 470 g/mol. The molecule has 3 aromatic rings. The van der Waals surface area contributed by atoms with Gasteiger partial charge in [0.15, 0.2) is 0 Å². The van der Waals surface area contributed by atoms with Gasteiger partial charge in [-0.25, -0.2) is 9.48 Å². The molecule has 2 heterocycles. The summed E-state index contributed by atoms with van der Waals surface area (Å²) in [4.78, 5) is 39.3. The van der Waals surface area contributed by atoms with Gasteiger partial charge in [0, 0.05) is 55.6 Å². The molecule has 0 bridgehead atoms. The summed E-state index contributed by atoms with van der Waals surface area (Å²) in [6.45, 7) is 9.89. The molecule has 9 nitrogen and oxygen atoms in total. The van der Waals surface area contributed by atoms with Crippen LogP contribution in [0.15, 0.2) is 65.5 Å². The van der Waals surface area contributed by atoms with Gasteiger partial charge < -0.3 is 14.5 Å². The van der Waals surface area contributed by atoms with Crippen LogP contribution in [-0.4, -0.2) is 71.4 Å². The second kappa shape index (κ2) is 13.4. The molecule has 1 fully saturated rings. The summed E-state index contributed by atoms with van der Waals surface area (Å²) < 4.78 is 6.16. The van der Waals surface area contributed by atoms with E-state index in [4.69, 9.17) is 4.74 Å². The molecule has 0 atom stereocenters. The lowest BCUT2D eigenvalue weighted by molar-refractivity contribution is 0.0664. The molecule has 1 N–H and O–H groups in total. The molecule has 1 aliphatic rings. The van der Waals surface area contributed by atoms with Gasteiger partial charge in [0.2, 0.25) is 0 Å². The molecular formula is C28H35N5O4. The van der Waals surface area contributed by atoms with E-state index in [1.165, 1.54) is 10.7 Å². The Balaban J connectivity index is 0.000000248. The number of amides is 2. The van der Waals surface area contributed by atoms with Gasteiger partial charge in [-0.15, -0.1) is 0 Å². The molecule has 196 valence electrons. The average Bonchev–Trinajstić information content (AvgIpc) is 2.90. The second-order valence-electron chi connectivity index (χ2n) is 8.76. The Morgan fingerprint density at radius 2 is 1.68 bits per heavy atom. The highest BCUT2D eigenvalue weighted by Gasteiger charge is 2.20. The Hall–Kier alpha value is -3.98. The summed E-state index contributed by atoms with van der Waals surface area (Å²) in [5.74, 6) is 0.0705. The Morgan fingerprint density at radius 3 is 2.30 bits per heavy atom. The zero-order valence-electron chi connectivity index (χ0n) is 21.9. The highest BCUT2D eigenvalue weighted by Crippen LogP contribution is 2.17. The predicted molar refractivity (Wildman–Crippen MR) is 145 cm³/mol. The quantitative estimate of drug-likeness (QED) is 0.565. The Morgan fingerprint density at radius 1 is 0.973 bits per heavy atom. The molecule has 2 aromatic carbocycles. The lowest BCUT2D eigenvalue weighted by atomic mass is 10.1. The van der Waals surface area contributed by atoms with Crippen molar-refractivity contribution in [3.8, 4) is 11.3 Å². The molecule has 1 aliphatic heterocycles. The number of likely N-dealkylation sites (N-methyl/N-ethyl adjacent to an activating group) is 1. The number of anilines is 1. The maximum absolute atomic E-state index is 12.5. The molecule has 0 unspecified atom stereocenters. The molecule has 1 aromatic heterocycles. The Bertz CT molecular complexity index is 1250. The largest absolute Gasteiger partial charge is 0.450 e. The fourth-order valence-corrected chi connectivity index (χ4v) is 3.81. The Labute approximate surface area is 217 Å². The van der Waals surface area contributed by atoms with Gasteiger partial charge in [-0.3, -0.25) is 14.9 Å².